The molecule has 158 valence electrons. The highest BCUT2D eigenvalue weighted by atomic mass is 32.2. The first-order valence-electron chi connectivity index (χ1n) is 9.28. The van der Waals surface area contributed by atoms with Gasteiger partial charge in [0, 0.05) is 37.1 Å². The number of anilines is 1. The zero-order chi connectivity index (χ0) is 21.7. The van der Waals surface area contributed by atoms with Crippen LogP contribution in [0, 0.1) is 5.92 Å². The minimum atomic E-state index is -3.80. The second kappa shape index (κ2) is 7.05. The summed E-state index contributed by atoms with van der Waals surface area (Å²) in [5.41, 5.74) is 2.94. The van der Waals surface area contributed by atoms with Crippen LogP contribution in [-0.4, -0.2) is 62.4 Å². The fraction of sp³-hybridized carbons (Fsp3) is 0.500. The standard InChI is InChI=1S/C20H26N2O6S/c1-20(18(23)28-4,29(5,26)27)12-6-8-14-15-11-13(21(2)3)7-9-16(15)22(19(24)25)17(14)10-12/h7,9,11-12H,6,8,10H2,1-5H3,(H,24,25). The predicted molar refractivity (Wildman–Crippen MR) is 110 cm³/mol. The molecule has 0 saturated heterocycles. The lowest BCUT2D eigenvalue weighted by molar-refractivity contribution is -0.145. The van der Waals surface area contributed by atoms with Crippen LogP contribution in [0.2, 0.25) is 0 Å². The van der Waals surface area contributed by atoms with E-state index >= 15 is 0 Å². The maximum atomic E-state index is 12.5. The summed E-state index contributed by atoms with van der Waals surface area (Å²) in [6, 6.07) is 5.56. The average molecular weight is 423 g/mol. The monoisotopic (exact) mass is 422 g/mol. The number of hydrogen-bond acceptors (Lipinski definition) is 6. The summed E-state index contributed by atoms with van der Waals surface area (Å²) in [6.07, 6.45) is 0.974. The third-order valence-electron chi connectivity index (χ3n) is 6.19. The Morgan fingerprint density at radius 3 is 2.48 bits per heavy atom. The summed E-state index contributed by atoms with van der Waals surface area (Å²) in [6.45, 7) is 1.38. The van der Waals surface area contributed by atoms with Crippen molar-refractivity contribution < 1.29 is 27.9 Å². The molecule has 1 N–H and O–H groups in total. The van der Waals surface area contributed by atoms with Crippen LogP contribution >= 0.6 is 0 Å². The third-order valence-corrected chi connectivity index (χ3v) is 8.24. The van der Waals surface area contributed by atoms with Crippen LogP contribution in [0.4, 0.5) is 10.5 Å². The molecule has 2 unspecified atom stereocenters. The van der Waals surface area contributed by atoms with Crippen molar-refractivity contribution in [3.05, 3.63) is 29.5 Å². The molecule has 2 atom stereocenters. The smallest absolute Gasteiger partial charge is 0.416 e. The minimum Gasteiger partial charge on any atom is -0.468 e. The molecule has 0 aliphatic heterocycles. The van der Waals surface area contributed by atoms with Crippen LogP contribution in [0.25, 0.3) is 10.9 Å². The Hall–Kier alpha value is -2.55. The molecule has 9 heteroatoms. The van der Waals surface area contributed by atoms with Gasteiger partial charge in [-0.05, 0) is 55.9 Å². The average Bonchev–Trinajstić information content (AvgIpc) is 2.98. The molecule has 0 spiro atoms. The lowest BCUT2D eigenvalue weighted by Gasteiger charge is -2.36. The molecule has 1 heterocycles. The van der Waals surface area contributed by atoms with E-state index in [1.54, 1.807) is 6.07 Å². The van der Waals surface area contributed by atoms with Crippen molar-refractivity contribution >= 4 is 38.5 Å². The number of carbonyl (C=O) groups excluding carboxylic acids is 1. The van der Waals surface area contributed by atoms with Gasteiger partial charge in [-0.1, -0.05) is 0 Å². The van der Waals surface area contributed by atoms with Gasteiger partial charge in [-0.2, -0.15) is 0 Å². The van der Waals surface area contributed by atoms with E-state index in [2.05, 4.69) is 0 Å². The summed E-state index contributed by atoms with van der Waals surface area (Å²) < 4.78 is 29.4. The Morgan fingerprint density at radius 2 is 1.97 bits per heavy atom. The normalized spacial score (nSPS) is 18.7. The van der Waals surface area contributed by atoms with Crippen LogP contribution in [-0.2, 0) is 32.2 Å². The lowest BCUT2D eigenvalue weighted by Crippen LogP contribution is -2.52. The van der Waals surface area contributed by atoms with E-state index in [9.17, 15) is 23.1 Å². The van der Waals surface area contributed by atoms with E-state index in [-0.39, 0.29) is 6.42 Å². The number of carbonyl (C=O) groups is 2. The fourth-order valence-electron chi connectivity index (χ4n) is 4.33. The van der Waals surface area contributed by atoms with E-state index in [0.717, 1.165) is 30.0 Å². The highest BCUT2D eigenvalue weighted by molar-refractivity contribution is 7.92. The van der Waals surface area contributed by atoms with E-state index in [0.29, 0.717) is 24.1 Å². The zero-order valence-electron chi connectivity index (χ0n) is 17.2. The van der Waals surface area contributed by atoms with Gasteiger partial charge in [-0.3, -0.25) is 4.79 Å². The summed E-state index contributed by atoms with van der Waals surface area (Å²) in [4.78, 5) is 26.5. The number of carboxylic acid groups (broad SMARTS) is 1. The fourth-order valence-corrected chi connectivity index (χ4v) is 5.53. The maximum absolute atomic E-state index is 12.5. The van der Waals surface area contributed by atoms with Gasteiger partial charge < -0.3 is 14.7 Å². The van der Waals surface area contributed by atoms with Crippen molar-refractivity contribution in [1.29, 1.82) is 0 Å². The van der Waals surface area contributed by atoms with E-state index in [1.165, 1.54) is 11.5 Å². The Labute approximate surface area is 170 Å². The summed E-state index contributed by atoms with van der Waals surface area (Å²) in [5, 5.41) is 10.7. The molecule has 0 bridgehead atoms. The van der Waals surface area contributed by atoms with E-state index in [4.69, 9.17) is 4.74 Å². The van der Waals surface area contributed by atoms with Crippen LogP contribution in [0.3, 0.4) is 0 Å². The number of aromatic nitrogens is 1. The maximum Gasteiger partial charge on any atom is 0.416 e. The Kier molecular flexibility index (Phi) is 5.15. The first-order valence-corrected chi connectivity index (χ1v) is 11.2. The first-order chi connectivity index (χ1) is 13.4. The summed E-state index contributed by atoms with van der Waals surface area (Å²) in [5.74, 6) is -1.41. The molecule has 0 amide bonds. The van der Waals surface area contributed by atoms with Gasteiger partial charge >= 0.3 is 12.1 Å². The number of methoxy groups -OCH3 is 1. The minimum absolute atomic E-state index is 0.159. The van der Waals surface area contributed by atoms with Crippen molar-refractivity contribution in [1.82, 2.24) is 4.57 Å². The molecular weight excluding hydrogens is 396 g/mol. The van der Waals surface area contributed by atoms with E-state index in [1.807, 2.05) is 31.1 Å². The lowest BCUT2D eigenvalue weighted by atomic mass is 9.79. The molecule has 2 aromatic rings. The van der Waals surface area contributed by atoms with Crippen LogP contribution in [0.1, 0.15) is 24.6 Å². The van der Waals surface area contributed by atoms with E-state index < -0.39 is 32.6 Å². The molecule has 0 radical (unpaired) electrons. The molecule has 3 rings (SSSR count). The van der Waals surface area contributed by atoms with Gasteiger partial charge in [0.25, 0.3) is 0 Å². The molecule has 8 nitrogen and oxygen atoms in total. The molecule has 0 saturated carbocycles. The van der Waals surface area contributed by atoms with Gasteiger partial charge in [-0.15, -0.1) is 0 Å². The quantitative estimate of drug-likeness (QED) is 0.754. The van der Waals surface area contributed by atoms with Crippen molar-refractivity contribution in [2.24, 2.45) is 5.92 Å². The number of fused-ring (bicyclic) bond motifs is 3. The third kappa shape index (κ3) is 3.17. The summed E-state index contributed by atoms with van der Waals surface area (Å²) >= 11 is 0. The number of sulfone groups is 1. The second-order valence-electron chi connectivity index (χ2n) is 7.95. The van der Waals surface area contributed by atoms with Gasteiger partial charge in [0.15, 0.2) is 14.6 Å². The van der Waals surface area contributed by atoms with Gasteiger partial charge in [0.05, 0.1) is 12.6 Å². The number of rotatable bonds is 4. The number of benzene rings is 1. The Morgan fingerprint density at radius 1 is 1.31 bits per heavy atom. The van der Waals surface area contributed by atoms with Gasteiger partial charge in [0.2, 0.25) is 0 Å². The highest BCUT2D eigenvalue weighted by Crippen LogP contribution is 2.42. The largest absolute Gasteiger partial charge is 0.468 e. The second-order valence-corrected chi connectivity index (χ2v) is 10.3. The van der Waals surface area contributed by atoms with Crippen LogP contribution in [0.15, 0.2) is 18.2 Å². The first kappa shape index (κ1) is 21.2. The Balaban J connectivity index is 2.20. The molecule has 1 aromatic carbocycles. The highest BCUT2D eigenvalue weighted by Gasteiger charge is 2.52. The number of hydrogen-bond donors (Lipinski definition) is 1. The Bertz CT molecular complexity index is 1100. The van der Waals surface area contributed by atoms with Crippen molar-refractivity contribution in [3.63, 3.8) is 0 Å². The molecule has 1 aliphatic carbocycles. The van der Waals surface area contributed by atoms with Crippen molar-refractivity contribution in [2.45, 2.75) is 30.9 Å². The summed E-state index contributed by atoms with van der Waals surface area (Å²) in [7, 11) is 1.18. The molecule has 1 aliphatic rings. The number of esters is 1. The topological polar surface area (TPSA) is 106 Å². The predicted octanol–water partition coefficient (Wildman–Crippen LogP) is 2.31. The molecule has 0 fully saturated rings. The zero-order valence-corrected chi connectivity index (χ0v) is 18.0. The van der Waals surface area contributed by atoms with Crippen molar-refractivity contribution in [2.75, 3.05) is 32.4 Å². The molecule has 29 heavy (non-hydrogen) atoms. The SMILES string of the molecule is COC(=O)C(C)(C1CCc2c(n(C(=O)O)c3ccc(N(C)C)cc23)C1)S(C)(=O)=O. The molecule has 1 aromatic heterocycles. The van der Waals surface area contributed by atoms with Crippen molar-refractivity contribution in [3.8, 4) is 0 Å². The number of ether oxygens (including phenoxy) is 1. The molecular formula is C20H26N2O6S. The number of aryl methyl sites for hydroxylation is 1. The van der Waals surface area contributed by atoms with Gasteiger partial charge in [-0.25, -0.2) is 17.8 Å². The van der Waals surface area contributed by atoms with Gasteiger partial charge in [0.1, 0.15) is 0 Å². The van der Waals surface area contributed by atoms with Crippen LogP contribution < -0.4 is 4.90 Å². The number of nitrogens with zero attached hydrogens (tertiary/aromatic N) is 2. The van der Waals surface area contributed by atoms with Crippen LogP contribution in [0.5, 0.6) is 0 Å².